The minimum absolute atomic E-state index is 0.0646. The molecule has 27 heavy (non-hydrogen) atoms. The number of nitrogens with one attached hydrogen (secondary N) is 2. The highest BCUT2D eigenvalue weighted by Crippen LogP contribution is 2.23. The molecule has 0 aliphatic carbocycles. The zero-order chi connectivity index (χ0) is 19.2. The molecule has 1 aromatic heterocycles. The molecule has 2 heterocycles. The van der Waals surface area contributed by atoms with E-state index in [9.17, 15) is 4.39 Å². The largest absolute Gasteiger partial charge is 0.491 e. The van der Waals surface area contributed by atoms with E-state index in [1.54, 1.807) is 6.07 Å². The second kappa shape index (κ2) is 8.83. The second-order valence-corrected chi connectivity index (χ2v) is 6.47. The van der Waals surface area contributed by atoms with Crippen LogP contribution in [-0.4, -0.2) is 33.9 Å². The van der Waals surface area contributed by atoms with E-state index in [2.05, 4.69) is 25.7 Å². The first kappa shape index (κ1) is 19.1. The van der Waals surface area contributed by atoms with Crippen molar-refractivity contribution in [3.05, 3.63) is 41.2 Å². The Hall–Kier alpha value is -2.64. The van der Waals surface area contributed by atoms with E-state index in [0.717, 1.165) is 43.1 Å². The van der Waals surface area contributed by atoms with E-state index in [-0.39, 0.29) is 17.6 Å². The molecule has 2 N–H and O–H groups in total. The van der Waals surface area contributed by atoms with Crippen molar-refractivity contribution in [2.75, 3.05) is 13.2 Å². The van der Waals surface area contributed by atoms with Crippen LogP contribution in [0.4, 0.5) is 4.39 Å². The Morgan fingerprint density at radius 3 is 3.00 bits per heavy atom. The maximum Gasteiger partial charge on any atom is 0.192 e. The molecule has 0 radical (unpaired) electrons. The van der Waals surface area contributed by atoms with E-state index in [4.69, 9.17) is 4.74 Å². The van der Waals surface area contributed by atoms with Gasteiger partial charge in [0.15, 0.2) is 17.5 Å². The Morgan fingerprint density at radius 2 is 2.26 bits per heavy atom. The molecule has 2 aromatic rings. The lowest BCUT2D eigenvalue weighted by atomic mass is 10.1. The van der Waals surface area contributed by atoms with Crippen LogP contribution in [0.2, 0.25) is 0 Å². The fraction of sp³-hybridized carbons (Fsp3) is 0.526. The van der Waals surface area contributed by atoms with Gasteiger partial charge in [-0.2, -0.15) is 5.10 Å². The van der Waals surface area contributed by atoms with Gasteiger partial charge in [0.05, 0.1) is 19.2 Å². The Labute approximate surface area is 159 Å². The summed E-state index contributed by atoms with van der Waals surface area (Å²) in [6.45, 7) is 8.20. The maximum absolute atomic E-state index is 14.0. The first-order valence-electron chi connectivity index (χ1n) is 9.48. The molecule has 1 unspecified atom stereocenters. The van der Waals surface area contributed by atoms with Crippen LogP contribution in [0, 0.1) is 12.7 Å². The number of aryl methyl sites for hydroxylation is 2. The maximum atomic E-state index is 14.0. The van der Waals surface area contributed by atoms with Crippen molar-refractivity contribution in [1.29, 1.82) is 0 Å². The summed E-state index contributed by atoms with van der Waals surface area (Å²) in [5, 5.41) is 11.1. The molecule has 0 saturated carbocycles. The minimum atomic E-state index is -0.363. The van der Waals surface area contributed by atoms with Crippen LogP contribution in [0.1, 0.15) is 49.9 Å². The summed E-state index contributed by atoms with van der Waals surface area (Å²) >= 11 is 0. The molecule has 0 amide bonds. The third kappa shape index (κ3) is 4.75. The first-order chi connectivity index (χ1) is 13.1. The van der Waals surface area contributed by atoms with Crippen molar-refractivity contribution in [3.8, 4) is 5.75 Å². The molecule has 0 spiro atoms. The number of halogens is 1. The van der Waals surface area contributed by atoms with Crippen molar-refractivity contribution < 1.29 is 9.13 Å². The lowest BCUT2D eigenvalue weighted by Crippen LogP contribution is -2.41. The van der Waals surface area contributed by atoms with Gasteiger partial charge >= 0.3 is 0 Å². The number of ether oxygens (including phenoxy) is 1. The molecule has 1 aliphatic rings. The van der Waals surface area contributed by atoms with Gasteiger partial charge in [-0.15, -0.1) is 0 Å². The summed E-state index contributed by atoms with van der Waals surface area (Å²) in [6, 6.07) is 5.02. The number of hydrogen-bond donors (Lipinski definition) is 2. The van der Waals surface area contributed by atoms with Crippen LogP contribution in [0.15, 0.2) is 23.2 Å². The first-order valence-corrected chi connectivity index (χ1v) is 9.48. The quantitative estimate of drug-likeness (QED) is 0.601. The van der Waals surface area contributed by atoms with Gasteiger partial charge in [-0.25, -0.2) is 19.0 Å². The van der Waals surface area contributed by atoms with Crippen molar-refractivity contribution in [1.82, 2.24) is 25.4 Å². The third-order valence-corrected chi connectivity index (χ3v) is 4.35. The Morgan fingerprint density at radius 1 is 1.41 bits per heavy atom. The van der Waals surface area contributed by atoms with E-state index in [0.29, 0.717) is 19.1 Å². The average molecular weight is 374 g/mol. The summed E-state index contributed by atoms with van der Waals surface area (Å²) in [4.78, 5) is 9.15. The molecule has 1 atom stereocenters. The topological polar surface area (TPSA) is 76.4 Å². The van der Waals surface area contributed by atoms with Crippen LogP contribution in [0.3, 0.4) is 0 Å². The summed E-state index contributed by atoms with van der Waals surface area (Å²) in [6.07, 6.45) is 2.01. The molecule has 0 fully saturated rings. The minimum Gasteiger partial charge on any atom is -0.491 e. The predicted molar refractivity (Wildman–Crippen MR) is 102 cm³/mol. The van der Waals surface area contributed by atoms with Gasteiger partial charge in [0.1, 0.15) is 11.6 Å². The Balaban J connectivity index is 1.71. The van der Waals surface area contributed by atoms with Gasteiger partial charge in [-0.1, -0.05) is 6.07 Å². The van der Waals surface area contributed by atoms with Crippen LogP contribution < -0.4 is 15.4 Å². The molecule has 146 valence electrons. The average Bonchev–Trinajstić information content (AvgIpc) is 3.03. The van der Waals surface area contributed by atoms with E-state index < -0.39 is 0 Å². The van der Waals surface area contributed by atoms with Gasteiger partial charge in [0, 0.05) is 13.1 Å². The van der Waals surface area contributed by atoms with E-state index in [1.165, 1.54) is 6.07 Å². The third-order valence-electron chi connectivity index (χ3n) is 4.35. The standard InChI is InChI=1S/C19H27FN6O/c1-4-21-19(22-12-14-8-9-17(27-5-2)15(20)11-14)24-16-7-6-10-26-18(16)23-13(3)25-26/h8-9,11,16H,4-7,10,12H2,1-3H3,(H2,21,22,24). The van der Waals surface area contributed by atoms with E-state index >= 15 is 0 Å². The number of guanidine groups is 1. The van der Waals surface area contributed by atoms with Gasteiger partial charge < -0.3 is 15.4 Å². The number of fused-ring (bicyclic) bond motifs is 1. The van der Waals surface area contributed by atoms with Gasteiger partial charge in [0.25, 0.3) is 0 Å². The molecular formula is C19H27FN6O. The molecule has 1 aromatic carbocycles. The lowest BCUT2D eigenvalue weighted by Gasteiger charge is -2.25. The molecule has 3 rings (SSSR count). The van der Waals surface area contributed by atoms with Crippen molar-refractivity contribution in [2.24, 2.45) is 4.99 Å². The highest BCUT2D eigenvalue weighted by Gasteiger charge is 2.24. The normalized spacial score (nSPS) is 16.7. The fourth-order valence-corrected chi connectivity index (χ4v) is 3.18. The Kier molecular flexibility index (Phi) is 6.26. The Bertz CT molecular complexity index is 803. The highest BCUT2D eigenvalue weighted by atomic mass is 19.1. The van der Waals surface area contributed by atoms with Crippen LogP contribution in [-0.2, 0) is 13.1 Å². The van der Waals surface area contributed by atoms with Crippen LogP contribution in [0.25, 0.3) is 0 Å². The second-order valence-electron chi connectivity index (χ2n) is 6.47. The number of hydrogen-bond acceptors (Lipinski definition) is 4. The van der Waals surface area contributed by atoms with Crippen LogP contribution in [0.5, 0.6) is 5.75 Å². The number of rotatable bonds is 6. The smallest absolute Gasteiger partial charge is 0.192 e. The number of benzene rings is 1. The van der Waals surface area contributed by atoms with Crippen molar-refractivity contribution in [2.45, 2.75) is 52.7 Å². The zero-order valence-corrected chi connectivity index (χ0v) is 16.1. The summed E-state index contributed by atoms with van der Waals surface area (Å²) in [5.41, 5.74) is 0.788. The molecule has 8 heteroatoms. The molecule has 7 nitrogen and oxygen atoms in total. The number of aromatic nitrogens is 3. The summed E-state index contributed by atoms with van der Waals surface area (Å²) in [7, 11) is 0. The fourth-order valence-electron chi connectivity index (χ4n) is 3.18. The van der Waals surface area contributed by atoms with Gasteiger partial charge in [0.2, 0.25) is 0 Å². The van der Waals surface area contributed by atoms with Gasteiger partial charge in [-0.05, 0) is 51.3 Å². The summed E-state index contributed by atoms with van der Waals surface area (Å²) < 4.78 is 21.2. The van der Waals surface area contributed by atoms with Gasteiger partial charge in [-0.3, -0.25) is 0 Å². The SMILES string of the molecule is CCNC(=NCc1ccc(OCC)c(F)c1)NC1CCCn2nc(C)nc21. The molecular weight excluding hydrogens is 347 g/mol. The lowest BCUT2D eigenvalue weighted by molar-refractivity contribution is 0.321. The molecule has 1 aliphatic heterocycles. The highest BCUT2D eigenvalue weighted by molar-refractivity contribution is 5.80. The zero-order valence-electron chi connectivity index (χ0n) is 16.1. The monoisotopic (exact) mass is 374 g/mol. The van der Waals surface area contributed by atoms with Crippen molar-refractivity contribution >= 4 is 5.96 Å². The molecule has 0 bridgehead atoms. The number of aliphatic imine (C=N–C) groups is 1. The van der Waals surface area contributed by atoms with Crippen LogP contribution >= 0.6 is 0 Å². The summed E-state index contributed by atoms with van der Waals surface area (Å²) in [5.74, 6) is 2.32. The number of nitrogens with zero attached hydrogens (tertiary/aromatic N) is 4. The molecule has 0 saturated heterocycles. The van der Waals surface area contributed by atoms with Crippen molar-refractivity contribution in [3.63, 3.8) is 0 Å². The predicted octanol–water partition coefficient (Wildman–Crippen LogP) is 2.71. The van der Waals surface area contributed by atoms with E-state index in [1.807, 2.05) is 31.5 Å².